The highest BCUT2D eigenvalue weighted by molar-refractivity contribution is 5.94. The van der Waals surface area contributed by atoms with E-state index in [1.807, 2.05) is 54.6 Å². The van der Waals surface area contributed by atoms with Crippen molar-refractivity contribution in [1.82, 2.24) is 5.32 Å². The Balaban J connectivity index is 1.68. The predicted molar refractivity (Wildman–Crippen MR) is 88.9 cm³/mol. The second kappa shape index (κ2) is 8.10. The van der Waals surface area contributed by atoms with Gasteiger partial charge in [-0.25, -0.2) is 0 Å². The average Bonchev–Trinajstić information content (AvgIpc) is 2.53. The number of carbonyl (C=O) groups is 1. The molecule has 4 N–H and O–H groups in total. The Morgan fingerprint density at radius 1 is 1.00 bits per heavy atom. The van der Waals surface area contributed by atoms with Crippen molar-refractivity contribution in [3.8, 4) is 0 Å². The maximum Gasteiger partial charge on any atom is 0.138 e. The summed E-state index contributed by atoms with van der Waals surface area (Å²) >= 11 is 0. The lowest BCUT2D eigenvalue weighted by atomic mass is 10.1. The van der Waals surface area contributed by atoms with Crippen molar-refractivity contribution in [3.05, 3.63) is 71.3 Å². The van der Waals surface area contributed by atoms with Gasteiger partial charge in [-0.1, -0.05) is 54.6 Å². The first kappa shape index (κ1) is 15.9. The Hall–Kier alpha value is -2.46. The van der Waals surface area contributed by atoms with Crippen molar-refractivity contribution in [2.75, 3.05) is 6.54 Å². The zero-order valence-corrected chi connectivity index (χ0v) is 12.5. The van der Waals surface area contributed by atoms with Crippen LogP contribution in [0.3, 0.4) is 0 Å². The van der Waals surface area contributed by atoms with Crippen molar-refractivity contribution in [1.29, 1.82) is 5.41 Å². The van der Waals surface area contributed by atoms with E-state index in [1.165, 1.54) is 0 Å². The molecule has 0 aliphatic heterocycles. The molecule has 4 nitrogen and oxygen atoms in total. The molecular formula is C18H21N3O. The number of amidine groups is 1. The number of nitrogen functional groups attached to an aromatic ring is 1. The number of ketones is 1. The van der Waals surface area contributed by atoms with Crippen LogP contribution >= 0.6 is 0 Å². The summed E-state index contributed by atoms with van der Waals surface area (Å²) in [6.07, 6.45) is 1.02. The van der Waals surface area contributed by atoms with Gasteiger partial charge in [-0.2, -0.15) is 0 Å². The molecule has 2 aromatic rings. The van der Waals surface area contributed by atoms with Gasteiger partial charge in [-0.05, 0) is 11.1 Å². The number of nitrogens with one attached hydrogen (secondary N) is 2. The first-order chi connectivity index (χ1) is 10.6. The molecule has 0 heterocycles. The molecule has 0 spiro atoms. The van der Waals surface area contributed by atoms with E-state index in [2.05, 4.69) is 5.32 Å². The van der Waals surface area contributed by atoms with Gasteiger partial charge in [0.25, 0.3) is 0 Å². The molecular weight excluding hydrogens is 274 g/mol. The Bertz CT molecular complexity index is 621. The van der Waals surface area contributed by atoms with Gasteiger partial charge in [-0.3, -0.25) is 10.2 Å². The number of rotatable bonds is 8. The predicted octanol–water partition coefficient (Wildman–Crippen LogP) is 2.26. The molecule has 0 fully saturated rings. The number of hydrogen-bond acceptors (Lipinski definition) is 3. The van der Waals surface area contributed by atoms with Crippen LogP contribution in [0.1, 0.15) is 23.1 Å². The van der Waals surface area contributed by atoms with E-state index in [1.54, 1.807) is 0 Å². The Kier molecular flexibility index (Phi) is 5.86. The number of nitrogens with two attached hydrogens (primary N) is 1. The fourth-order valence-corrected chi connectivity index (χ4v) is 2.17. The topological polar surface area (TPSA) is 79.0 Å². The van der Waals surface area contributed by atoms with Crippen LogP contribution in [0, 0.1) is 5.41 Å². The molecule has 2 aromatic carbocycles. The molecule has 0 radical (unpaired) electrons. The summed E-state index contributed by atoms with van der Waals surface area (Å²) in [5.74, 6) is 0.316. The Labute approximate surface area is 130 Å². The van der Waals surface area contributed by atoms with Gasteiger partial charge in [0.1, 0.15) is 11.6 Å². The SMILES string of the molecule is N=C(N)c1ccc(CNCCC(=O)Cc2ccccc2)cc1. The number of benzene rings is 2. The van der Waals surface area contributed by atoms with Gasteiger partial charge in [0, 0.05) is 31.5 Å². The van der Waals surface area contributed by atoms with E-state index in [9.17, 15) is 4.79 Å². The largest absolute Gasteiger partial charge is 0.384 e. The van der Waals surface area contributed by atoms with E-state index in [4.69, 9.17) is 11.1 Å². The average molecular weight is 295 g/mol. The van der Waals surface area contributed by atoms with Crippen LogP contribution in [-0.4, -0.2) is 18.2 Å². The third-order valence-corrected chi connectivity index (χ3v) is 3.42. The molecule has 0 aliphatic carbocycles. The summed E-state index contributed by atoms with van der Waals surface area (Å²) in [7, 11) is 0. The molecule has 0 bridgehead atoms. The van der Waals surface area contributed by atoms with Crippen LogP contribution in [0.2, 0.25) is 0 Å². The second-order valence-corrected chi connectivity index (χ2v) is 5.24. The van der Waals surface area contributed by atoms with Gasteiger partial charge in [0.05, 0.1) is 0 Å². The smallest absolute Gasteiger partial charge is 0.138 e. The zero-order chi connectivity index (χ0) is 15.8. The highest BCUT2D eigenvalue weighted by Gasteiger charge is 2.03. The maximum atomic E-state index is 11.9. The van der Waals surface area contributed by atoms with E-state index >= 15 is 0 Å². The highest BCUT2D eigenvalue weighted by Crippen LogP contribution is 2.04. The fourth-order valence-electron chi connectivity index (χ4n) is 2.17. The first-order valence-electron chi connectivity index (χ1n) is 7.35. The molecule has 0 aliphatic rings. The minimum absolute atomic E-state index is 0.0750. The van der Waals surface area contributed by atoms with E-state index in [0.29, 0.717) is 25.9 Å². The van der Waals surface area contributed by atoms with Crippen LogP contribution in [-0.2, 0) is 17.8 Å². The molecule has 0 amide bonds. The van der Waals surface area contributed by atoms with Gasteiger partial charge < -0.3 is 11.1 Å². The summed E-state index contributed by atoms with van der Waals surface area (Å²) in [6.45, 7) is 1.37. The van der Waals surface area contributed by atoms with Crippen molar-refractivity contribution in [3.63, 3.8) is 0 Å². The van der Waals surface area contributed by atoms with Crippen LogP contribution in [0.4, 0.5) is 0 Å². The second-order valence-electron chi connectivity index (χ2n) is 5.24. The lowest BCUT2D eigenvalue weighted by molar-refractivity contribution is -0.118. The Morgan fingerprint density at radius 2 is 1.68 bits per heavy atom. The summed E-state index contributed by atoms with van der Waals surface area (Å²) < 4.78 is 0. The molecule has 114 valence electrons. The van der Waals surface area contributed by atoms with Gasteiger partial charge >= 0.3 is 0 Å². The van der Waals surface area contributed by atoms with E-state index in [-0.39, 0.29) is 11.6 Å². The standard InChI is InChI=1S/C18H21N3O/c19-18(20)16-8-6-15(7-9-16)13-21-11-10-17(22)12-14-4-2-1-3-5-14/h1-9,21H,10-13H2,(H3,19,20). The lowest BCUT2D eigenvalue weighted by Gasteiger charge is -2.06. The fraction of sp³-hybridized carbons (Fsp3) is 0.222. The monoisotopic (exact) mass is 295 g/mol. The number of carbonyl (C=O) groups excluding carboxylic acids is 1. The van der Waals surface area contributed by atoms with Gasteiger partial charge in [0.2, 0.25) is 0 Å². The van der Waals surface area contributed by atoms with E-state index < -0.39 is 0 Å². The zero-order valence-electron chi connectivity index (χ0n) is 12.5. The summed E-state index contributed by atoms with van der Waals surface area (Å²) in [6, 6.07) is 17.3. The van der Waals surface area contributed by atoms with Crippen LogP contribution in [0.25, 0.3) is 0 Å². The Morgan fingerprint density at radius 3 is 2.32 bits per heavy atom. The van der Waals surface area contributed by atoms with Crippen molar-refractivity contribution < 1.29 is 4.79 Å². The summed E-state index contributed by atoms with van der Waals surface area (Å²) in [5.41, 5.74) is 8.31. The first-order valence-corrected chi connectivity index (χ1v) is 7.35. The third-order valence-electron chi connectivity index (χ3n) is 3.42. The lowest BCUT2D eigenvalue weighted by Crippen LogP contribution is -2.19. The van der Waals surface area contributed by atoms with Gasteiger partial charge in [-0.15, -0.1) is 0 Å². The number of hydrogen-bond donors (Lipinski definition) is 3. The van der Waals surface area contributed by atoms with Crippen molar-refractivity contribution >= 4 is 11.6 Å². The maximum absolute atomic E-state index is 11.9. The normalized spacial score (nSPS) is 10.4. The number of Topliss-reactive ketones (excluding diaryl/α,β-unsaturated/α-hetero) is 1. The molecule has 0 saturated heterocycles. The third kappa shape index (κ3) is 5.14. The molecule has 0 atom stereocenters. The van der Waals surface area contributed by atoms with Gasteiger partial charge in [0.15, 0.2) is 0 Å². The molecule has 2 rings (SSSR count). The highest BCUT2D eigenvalue weighted by atomic mass is 16.1. The molecule has 0 unspecified atom stereocenters. The molecule has 4 heteroatoms. The molecule has 0 saturated carbocycles. The molecule has 0 aromatic heterocycles. The minimum Gasteiger partial charge on any atom is -0.384 e. The van der Waals surface area contributed by atoms with Crippen LogP contribution < -0.4 is 11.1 Å². The van der Waals surface area contributed by atoms with Crippen molar-refractivity contribution in [2.45, 2.75) is 19.4 Å². The summed E-state index contributed by atoms with van der Waals surface area (Å²) in [4.78, 5) is 11.9. The molecule has 22 heavy (non-hydrogen) atoms. The van der Waals surface area contributed by atoms with E-state index in [0.717, 1.165) is 16.7 Å². The van der Waals surface area contributed by atoms with Crippen LogP contribution in [0.15, 0.2) is 54.6 Å². The summed E-state index contributed by atoms with van der Waals surface area (Å²) in [5, 5.41) is 10.6. The van der Waals surface area contributed by atoms with Crippen LogP contribution in [0.5, 0.6) is 0 Å². The minimum atomic E-state index is 0.0750. The quantitative estimate of drug-likeness (QED) is 0.397. The van der Waals surface area contributed by atoms with Crippen molar-refractivity contribution in [2.24, 2.45) is 5.73 Å².